The molecule has 0 amide bonds. The number of esters is 1. The Bertz CT molecular complexity index is 3480. The van der Waals surface area contributed by atoms with Gasteiger partial charge in [0.15, 0.2) is 26.5 Å². The van der Waals surface area contributed by atoms with Crippen molar-refractivity contribution in [2.24, 2.45) is 41.4 Å². The Morgan fingerprint density at radius 3 is 2.11 bits per heavy atom. The molecule has 2 spiro atoms. The lowest BCUT2D eigenvalue weighted by atomic mass is 9.77. The summed E-state index contributed by atoms with van der Waals surface area (Å²) < 4.78 is 117. The summed E-state index contributed by atoms with van der Waals surface area (Å²) in [6.45, 7) is 38.3. The molecular formula is C86H124O20Si. The van der Waals surface area contributed by atoms with Crippen LogP contribution in [0, 0.1) is 41.4 Å². The molecule has 0 N–H and O–H groups in total. The van der Waals surface area contributed by atoms with Crippen molar-refractivity contribution in [3.8, 4) is 11.5 Å². The van der Waals surface area contributed by atoms with E-state index >= 15 is 0 Å². The lowest BCUT2D eigenvalue weighted by molar-refractivity contribution is -0.329. The van der Waals surface area contributed by atoms with Crippen LogP contribution in [0.2, 0.25) is 18.1 Å². The van der Waals surface area contributed by atoms with Crippen LogP contribution in [0.4, 0.5) is 0 Å². The summed E-state index contributed by atoms with van der Waals surface area (Å²) in [6.07, 6.45) is 3.53. The number of ether oxygens (including phenoxy) is 16. The molecule has 107 heavy (non-hydrogen) atoms. The van der Waals surface area contributed by atoms with E-state index in [0.29, 0.717) is 69.0 Å². The Kier molecular flexibility index (Phi) is 24.0. The van der Waals surface area contributed by atoms with Gasteiger partial charge >= 0.3 is 5.97 Å². The lowest BCUT2D eigenvalue weighted by Crippen LogP contribution is -2.63. The van der Waals surface area contributed by atoms with Gasteiger partial charge in [-0.25, -0.2) is 0 Å². The first-order chi connectivity index (χ1) is 51.0. The molecule has 13 fully saturated rings. The highest BCUT2D eigenvalue weighted by Gasteiger charge is 2.83. The summed E-state index contributed by atoms with van der Waals surface area (Å²) in [7, 11) is 1.10. The van der Waals surface area contributed by atoms with Crippen molar-refractivity contribution in [1.29, 1.82) is 0 Å². The number of fused-ring (bicyclic) bond motifs is 7. The van der Waals surface area contributed by atoms with Gasteiger partial charge in [0.25, 0.3) is 0 Å². The minimum atomic E-state index is -2.17. The maximum atomic E-state index is 15.0. The summed E-state index contributed by atoms with van der Waals surface area (Å²) >= 11 is 0. The molecule has 15 rings (SSSR count). The fourth-order valence-corrected chi connectivity index (χ4v) is 20.9. The number of carbonyl (C=O) groups excluding carboxylic acids is 3. The van der Waals surface area contributed by atoms with Crippen molar-refractivity contribution in [1.82, 2.24) is 0 Å². The first-order valence-electron chi connectivity index (χ1n) is 40.8. The van der Waals surface area contributed by atoms with Crippen LogP contribution in [0.5, 0.6) is 11.5 Å². The first kappa shape index (κ1) is 79.4. The Balaban J connectivity index is 0.670. The van der Waals surface area contributed by atoms with Crippen LogP contribution in [-0.2, 0) is 91.7 Å². The highest BCUT2D eigenvalue weighted by molar-refractivity contribution is 6.74. The van der Waals surface area contributed by atoms with Gasteiger partial charge in [0.1, 0.15) is 53.9 Å². The molecule has 31 atom stereocenters. The van der Waals surface area contributed by atoms with E-state index in [4.69, 9.17) is 80.2 Å². The van der Waals surface area contributed by atoms with Crippen molar-refractivity contribution in [2.45, 2.75) is 356 Å². The second-order valence-electron chi connectivity index (χ2n) is 36.0. The van der Waals surface area contributed by atoms with E-state index in [1.54, 1.807) is 20.3 Å². The molecular weight excluding hydrogens is 1380 g/mol. The van der Waals surface area contributed by atoms with Gasteiger partial charge in [-0.1, -0.05) is 126 Å². The van der Waals surface area contributed by atoms with E-state index in [1.807, 2.05) is 61.5 Å². The van der Waals surface area contributed by atoms with Gasteiger partial charge in [0.05, 0.1) is 113 Å². The molecule has 13 aliphatic heterocycles. The number of rotatable bonds is 22. The van der Waals surface area contributed by atoms with Crippen LogP contribution in [0.15, 0.2) is 85.0 Å². The van der Waals surface area contributed by atoms with Crippen molar-refractivity contribution in [3.63, 3.8) is 0 Å². The Labute approximate surface area is 636 Å². The molecule has 13 saturated heterocycles. The van der Waals surface area contributed by atoms with Gasteiger partial charge in [-0.3, -0.25) is 14.4 Å². The van der Waals surface area contributed by atoms with E-state index in [2.05, 4.69) is 95.5 Å². The third-order valence-electron chi connectivity index (χ3n) is 27.1. The third-order valence-corrected chi connectivity index (χ3v) is 31.6. The molecule has 592 valence electrons. The minimum Gasteiger partial charge on any atom is -0.497 e. The second kappa shape index (κ2) is 32.3. The fraction of sp³-hybridized carbons (Fsp3) is 0.756. The first-order valence-corrected chi connectivity index (χ1v) is 43.7. The van der Waals surface area contributed by atoms with Crippen LogP contribution in [0.25, 0.3) is 0 Å². The number of Topliss-reactive ketones (excluding diaryl/α,β-unsaturated/α-hetero) is 1. The molecule has 21 heteroatoms. The highest BCUT2D eigenvalue weighted by Crippen LogP contribution is 2.64. The number of allylic oxidation sites excluding steroid dienone is 1. The van der Waals surface area contributed by atoms with Crippen molar-refractivity contribution in [2.75, 3.05) is 14.2 Å². The molecule has 12 bridgehead atoms. The molecule has 2 aromatic rings. The van der Waals surface area contributed by atoms with Crippen LogP contribution in [-0.4, -0.2) is 180 Å². The predicted molar refractivity (Wildman–Crippen MR) is 402 cm³/mol. The number of ketones is 2. The Hall–Kier alpha value is -4.27. The lowest BCUT2D eigenvalue weighted by Gasteiger charge is -2.51. The smallest absolute Gasteiger partial charge is 0.308 e. The topological polar surface area (TPSA) is 208 Å². The van der Waals surface area contributed by atoms with Crippen LogP contribution >= 0.6 is 0 Å². The number of carbonyl (C=O) groups is 3. The SMILES string of the molecule is C=C1CC2CCC34OC5C6OC(CCC6OC6C5OC5(OC(c7ccc(OC)cc7)OC35)C6O4)CC(=O)OC3C(CC4OC(CCC1O2)CC(C)C4=C)OC1CC(C)C(CC(=O)C=CC(OCc2ccc(OC)cc2)C(C)CC(=O)CC(C)C2OC(C(C)CC(C)CC)CC2O[Si](C)(C)C(C)(C)C)OC1C3C. The standard InChI is InChI=1S/C86H124O20Si/c1-18-46(2)35-48(4)68-43-72(106-107(16,17)84(11,12)13)74(98-68)52(8)37-58(88)36-49(5)64(92-45-55-19-24-59(90-14)25-20-55)30-23-57(87)41-67-51(7)40-70-75(99-67)54(10)76-71(96-70)44-69-53(9)47(3)38-61(94-69)28-31-65-50(6)39-63(93-65)33-34-85-83-86(105-82(101-83)56-21-26-60(91-15)27-22-56)81(104-85)80-79(103-86)78(102-85)77-66(97-80)32-29-62(95-77)42-73(89)100-76/h19-27,30,46-49,51-52,54,61-72,74-83H,6,9,18,28-29,31-45H2,1-5,7-8,10-17H3. The van der Waals surface area contributed by atoms with Crippen LogP contribution < -0.4 is 9.47 Å². The molecule has 31 unspecified atom stereocenters. The highest BCUT2D eigenvalue weighted by atomic mass is 28.4. The van der Waals surface area contributed by atoms with Gasteiger partial charge in [-0.2, -0.15) is 0 Å². The fourth-order valence-electron chi connectivity index (χ4n) is 19.6. The van der Waals surface area contributed by atoms with Crippen molar-refractivity contribution in [3.05, 3.63) is 96.1 Å². The Morgan fingerprint density at radius 2 is 1.38 bits per heavy atom. The van der Waals surface area contributed by atoms with E-state index in [1.165, 1.54) is 0 Å². The van der Waals surface area contributed by atoms with Gasteiger partial charge in [-0.15, -0.1) is 0 Å². The average molecular weight is 1510 g/mol. The zero-order chi connectivity index (χ0) is 75.8. The molecule has 20 nitrogen and oxygen atoms in total. The molecule has 13 heterocycles. The summed E-state index contributed by atoms with van der Waals surface area (Å²) in [5.74, 6) is -1.28. The van der Waals surface area contributed by atoms with Gasteiger partial charge < -0.3 is 80.2 Å². The zero-order valence-electron chi connectivity index (χ0n) is 66.3. The average Bonchev–Trinajstić information content (AvgIpc) is 1.49. The van der Waals surface area contributed by atoms with E-state index < -0.39 is 105 Å². The molecule has 13 aliphatic rings. The largest absolute Gasteiger partial charge is 0.497 e. The normalized spacial score (nSPS) is 41.2. The molecule has 0 radical (unpaired) electrons. The van der Waals surface area contributed by atoms with Gasteiger partial charge in [0, 0.05) is 50.0 Å². The summed E-state index contributed by atoms with van der Waals surface area (Å²) in [4.78, 5) is 44.0. The summed E-state index contributed by atoms with van der Waals surface area (Å²) in [6, 6.07) is 15.4. The zero-order valence-corrected chi connectivity index (χ0v) is 67.3. The van der Waals surface area contributed by atoms with E-state index in [9.17, 15) is 14.4 Å². The quantitative estimate of drug-likeness (QED) is 0.0464. The maximum Gasteiger partial charge on any atom is 0.308 e. The summed E-state index contributed by atoms with van der Waals surface area (Å²) in [5, 5.41) is 0.0197. The Morgan fingerprint density at radius 1 is 0.682 bits per heavy atom. The third kappa shape index (κ3) is 16.5. The number of hydrogen-bond donors (Lipinski definition) is 0. The van der Waals surface area contributed by atoms with E-state index in [0.717, 1.165) is 66.5 Å². The second-order valence-corrected chi connectivity index (χ2v) is 40.7. The van der Waals surface area contributed by atoms with Crippen molar-refractivity contribution < 1.29 is 94.6 Å². The molecule has 2 aromatic carbocycles. The summed E-state index contributed by atoms with van der Waals surface area (Å²) in [5.41, 5.74) is 3.79. The number of hydrogen-bond acceptors (Lipinski definition) is 20. The molecule has 0 aromatic heterocycles. The monoisotopic (exact) mass is 1500 g/mol. The van der Waals surface area contributed by atoms with Crippen LogP contribution in [0.1, 0.15) is 203 Å². The maximum absolute atomic E-state index is 15.0. The number of methoxy groups -OCH3 is 2. The van der Waals surface area contributed by atoms with Gasteiger partial charge in [0.2, 0.25) is 11.6 Å². The van der Waals surface area contributed by atoms with E-state index in [-0.39, 0.29) is 127 Å². The number of benzene rings is 2. The molecule has 0 aliphatic carbocycles. The minimum absolute atomic E-state index is 0.0197. The molecule has 0 saturated carbocycles. The van der Waals surface area contributed by atoms with Crippen LogP contribution in [0.3, 0.4) is 0 Å². The predicted octanol–water partition coefficient (Wildman–Crippen LogP) is 14.9. The van der Waals surface area contributed by atoms with Crippen molar-refractivity contribution >= 4 is 25.9 Å². The van der Waals surface area contributed by atoms with Gasteiger partial charge in [-0.05, 0) is 158 Å².